The molecule has 1 amide bonds. The minimum Gasteiger partial charge on any atom is -0.353 e. The predicted molar refractivity (Wildman–Crippen MR) is 94.7 cm³/mol. The van der Waals surface area contributed by atoms with Crippen molar-refractivity contribution in [2.24, 2.45) is 0 Å². The lowest BCUT2D eigenvalue weighted by atomic mass is 9.82. The van der Waals surface area contributed by atoms with Gasteiger partial charge in [-0.15, -0.1) is 0 Å². The van der Waals surface area contributed by atoms with Crippen molar-refractivity contribution in [1.82, 2.24) is 5.32 Å². The molecule has 0 aromatic heterocycles. The van der Waals surface area contributed by atoms with Crippen molar-refractivity contribution >= 4 is 17.5 Å². The van der Waals surface area contributed by atoms with Crippen LogP contribution < -0.4 is 5.32 Å². The van der Waals surface area contributed by atoms with E-state index in [1.54, 1.807) is 12.1 Å². The van der Waals surface area contributed by atoms with Gasteiger partial charge in [-0.2, -0.15) is 0 Å². The van der Waals surface area contributed by atoms with Gasteiger partial charge in [-0.05, 0) is 49.3 Å². The standard InChI is InChI=1S/C20H21ClFNO/c21-18-7-4-8-19(22)17(18)13-20(24)23-16-11-9-15(10-12-16)14-5-2-1-3-6-14/h1-8,15-16H,9-13H2,(H,23,24). The summed E-state index contributed by atoms with van der Waals surface area (Å²) in [6, 6.07) is 15.2. The molecule has 1 N–H and O–H groups in total. The van der Waals surface area contributed by atoms with Gasteiger partial charge in [0.05, 0.1) is 6.42 Å². The molecule has 2 aromatic carbocycles. The number of halogens is 2. The van der Waals surface area contributed by atoms with Crippen LogP contribution in [0.1, 0.15) is 42.7 Å². The second-order valence-corrected chi connectivity index (χ2v) is 6.81. The first-order chi connectivity index (χ1) is 11.6. The van der Waals surface area contributed by atoms with E-state index in [2.05, 4.69) is 29.6 Å². The lowest BCUT2D eigenvalue weighted by Crippen LogP contribution is -2.38. The minimum absolute atomic E-state index is 0.00980. The number of hydrogen-bond acceptors (Lipinski definition) is 1. The molecule has 0 bridgehead atoms. The van der Waals surface area contributed by atoms with Crippen molar-refractivity contribution in [2.75, 3.05) is 0 Å². The highest BCUT2D eigenvalue weighted by atomic mass is 35.5. The molecular formula is C20H21ClFNO. The van der Waals surface area contributed by atoms with Gasteiger partial charge in [0.2, 0.25) is 5.91 Å². The van der Waals surface area contributed by atoms with Gasteiger partial charge in [-0.3, -0.25) is 4.79 Å². The maximum absolute atomic E-state index is 13.8. The number of amides is 1. The van der Waals surface area contributed by atoms with Crippen LogP contribution >= 0.6 is 11.6 Å². The van der Waals surface area contributed by atoms with Crippen LogP contribution in [0.4, 0.5) is 4.39 Å². The zero-order valence-electron chi connectivity index (χ0n) is 13.5. The highest BCUT2D eigenvalue weighted by molar-refractivity contribution is 6.31. The Hall–Kier alpha value is -1.87. The zero-order chi connectivity index (χ0) is 16.9. The molecule has 0 heterocycles. The summed E-state index contributed by atoms with van der Waals surface area (Å²) in [6.07, 6.45) is 4.03. The van der Waals surface area contributed by atoms with E-state index in [4.69, 9.17) is 11.6 Å². The van der Waals surface area contributed by atoms with Crippen molar-refractivity contribution in [3.63, 3.8) is 0 Å². The van der Waals surface area contributed by atoms with E-state index in [0.717, 1.165) is 25.7 Å². The van der Waals surface area contributed by atoms with Gasteiger partial charge in [0.25, 0.3) is 0 Å². The zero-order valence-corrected chi connectivity index (χ0v) is 14.2. The van der Waals surface area contributed by atoms with Crippen molar-refractivity contribution < 1.29 is 9.18 Å². The van der Waals surface area contributed by atoms with Crippen molar-refractivity contribution in [1.29, 1.82) is 0 Å². The Kier molecular flexibility index (Phi) is 5.52. The monoisotopic (exact) mass is 345 g/mol. The van der Waals surface area contributed by atoms with Gasteiger partial charge in [0.15, 0.2) is 0 Å². The molecule has 0 saturated heterocycles. The number of carbonyl (C=O) groups is 1. The quantitative estimate of drug-likeness (QED) is 0.842. The SMILES string of the molecule is O=C(Cc1c(F)cccc1Cl)NC1CCC(c2ccccc2)CC1. The largest absolute Gasteiger partial charge is 0.353 e. The van der Waals surface area contributed by atoms with Gasteiger partial charge >= 0.3 is 0 Å². The van der Waals surface area contributed by atoms with Gasteiger partial charge in [-0.25, -0.2) is 4.39 Å². The maximum Gasteiger partial charge on any atom is 0.224 e. The second kappa shape index (κ2) is 7.80. The molecule has 0 atom stereocenters. The summed E-state index contributed by atoms with van der Waals surface area (Å²) in [5.41, 5.74) is 1.65. The predicted octanol–water partition coefficient (Wildman–Crippen LogP) is 4.86. The third kappa shape index (κ3) is 4.15. The normalized spacial score (nSPS) is 20.6. The molecule has 2 aromatic rings. The summed E-state index contributed by atoms with van der Waals surface area (Å²) in [6.45, 7) is 0. The van der Waals surface area contributed by atoms with E-state index in [1.807, 2.05) is 6.07 Å². The summed E-state index contributed by atoms with van der Waals surface area (Å²) in [5.74, 6) is -0.0176. The number of hydrogen-bond donors (Lipinski definition) is 1. The van der Waals surface area contributed by atoms with Crippen LogP contribution in [0.2, 0.25) is 5.02 Å². The van der Waals surface area contributed by atoms with Gasteiger partial charge in [-0.1, -0.05) is 48.0 Å². The molecule has 2 nitrogen and oxygen atoms in total. The molecule has 0 spiro atoms. The highest BCUT2D eigenvalue weighted by Crippen LogP contribution is 2.32. The van der Waals surface area contributed by atoms with Crippen LogP contribution in [-0.2, 0) is 11.2 Å². The Morgan fingerprint density at radius 2 is 1.75 bits per heavy atom. The third-order valence-electron chi connectivity index (χ3n) is 4.76. The Morgan fingerprint density at radius 3 is 2.42 bits per heavy atom. The lowest BCUT2D eigenvalue weighted by Gasteiger charge is -2.29. The van der Waals surface area contributed by atoms with E-state index in [-0.39, 0.29) is 23.9 Å². The lowest BCUT2D eigenvalue weighted by molar-refractivity contribution is -0.121. The van der Waals surface area contributed by atoms with Crippen molar-refractivity contribution in [3.8, 4) is 0 Å². The Labute approximate surface area is 147 Å². The van der Waals surface area contributed by atoms with Gasteiger partial charge < -0.3 is 5.32 Å². The molecule has 1 saturated carbocycles. The second-order valence-electron chi connectivity index (χ2n) is 6.40. The first kappa shape index (κ1) is 17.0. The van der Waals surface area contributed by atoms with Crippen LogP contribution in [0.25, 0.3) is 0 Å². The van der Waals surface area contributed by atoms with Crippen LogP contribution in [0.15, 0.2) is 48.5 Å². The molecule has 4 heteroatoms. The fourth-order valence-electron chi connectivity index (χ4n) is 3.44. The minimum atomic E-state index is -0.426. The summed E-state index contributed by atoms with van der Waals surface area (Å²) in [4.78, 5) is 12.2. The molecule has 1 aliphatic carbocycles. The molecule has 126 valence electrons. The Bertz CT molecular complexity index is 676. The van der Waals surface area contributed by atoms with E-state index >= 15 is 0 Å². The Morgan fingerprint density at radius 1 is 1.04 bits per heavy atom. The van der Waals surface area contributed by atoms with E-state index in [0.29, 0.717) is 10.9 Å². The number of nitrogens with one attached hydrogen (secondary N) is 1. The molecule has 24 heavy (non-hydrogen) atoms. The number of benzene rings is 2. The first-order valence-corrected chi connectivity index (χ1v) is 8.78. The van der Waals surface area contributed by atoms with Crippen LogP contribution in [-0.4, -0.2) is 11.9 Å². The van der Waals surface area contributed by atoms with Crippen molar-refractivity contribution in [3.05, 3.63) is 70.5 Å². The fourth-order valence-corrected chi connectivity index (χ4v) is 3.67. The smallest absolute Gasteiger partial charge is 0.224 e. The van der Waals surface area contributed by atoms with Crippen LogP contribution in [0.5, 0.6) is 0 Å². The summed E-state index contributed by atoms with van der Waals surface area (Å²) >= 11 is 5.98. The van der Waals surface area contributed by atoms with Crippen LogP contribution in [0, 0.1) is 5.82 Å². The number of rotatable bonds is 4. The summed E-state index contributed by atoms with van der Waals surface area (Å²) < 4.78 is 13.8. The maximum atomic E-state index is 13.8. The fraction of sp³-hybridized carbons (Fsp3) is 0.350. The average molecular weight is 346 g/mol. The summed E-state index contributed by atoms with van der Waals surface area (Å²) in [5, 5.41) is 3.33. The first-order valence-electron chi connectivity index (χ1n) is 8.40. The number of carbonyl (C=O) groups excluding carboxylic acids is 1. The molecule has 0 radical (unpaired) electrons. The molecule has 1 fully saturated rings. The molecule has 1 aliphatic rings. The molecular weight excluding hydrogens is 325 g/mol. The Balaban J connectivity index is 1.52. The van der Waals surface area contributed by atoms with Gasteiger partial charge in [0.1, 0.15) is 5.82 Å². The topological polar surface area (TPSA) is 29.1 Å². The molecule has 3 rings (SSSR count). The van der Waals surface area contributed by atoms with E-state index < -0.39 is 5.82 Å². The van der Waals surface area contributed by atoms with Crippen LogP contribution in [0.3, 0.4) is 0 Å². The van der Waals surface area contributed by atoms with Crippen molar-refractivity contribution in [2.45, 2.75) is 44.1 Å². The molecule has 0 unspecified atom stereocenters. The molecule has 0 aliphatic heterocycles. The van der Waals surface area contributed by atoms with E-state index in [9.17, 15) is 9.18 Å². The third-order valence-corrected chi connectivity index (χ3v) is 5.12. The summed E-state index contributed by atoms with van der Waals surface area (Å²) in [7, 11) is 0. The van der Waals surface area contributed by atoms with E-state index in [1.165, 1.54) is 11.6 Å². The highest BCUT2D eigenvalue weighted by Gasteiger charge is 2.23. The van der Waals surface area contributed by atoms with Gasteiger partial charge in [0, 0.05) is 16.6 Å². The average Bonchev–Trinajstić information content (AvgIpc) is 2.60.